The van der Waals surface area contributed by atoms with E-state index < -0.39 is 0 Å². The molecule has 1 aromatic carbocycles. The molecule has 2 heterocycles. The minimum Gasteiger partial charge on any atom is -0.322 e. The van der Waals surface area contributed by atoms with E-state index in [-0.39, 0.29) is 11.2 Å². The molecule has 0 radical (unpaired) electrons. The molecular weight excluding hydrogens is 340 g/mol. The molecule has 0 aliphatic heterocycles. The average molecular weight is 359 g/mol. The molecule has 0 spiro atoms. The number of imidazole rings is 1. The summed E-state index contributed by atoms with van der Waals surface area (Å²) in [5.74, 6) is 0.600. The smallest absolute Gasteiger partial charge is 0.322 e. The Morgan fingerprint density at radius 3 is 2.48 bits per heavy atom. The molecule has 25 heavy (non-hydrogen) atoms. The molecule has 0 fully saturated rings. The predicted octanol–water partition coefficient (Wildman–Crippen LogP) is 2.76. The van der Waals surface area contributed by atoms with Crippen molar-refractivity contribution in [2.75, 3.05) is 0 Å². The van der Waals surface area contributed by atoms with Gasteiger partial charge >= 0.3 is 5.69 Å². The first kappa shape index (κ1) is 17.2. The Hall–Kier alpha value is -2.60. The summed E-state index contributed by atoms with van der Waals surface area (Å²) in [5.41, 5.74) is 1.12. The van der Waals surface area contributed by atoms with Crippen LogP contribution in [0.15, 0.2) is 33.9 Å². The van der Waals surface area contributed by atoms with E-state index in [4.69, 9.17) is 11.6 Å². The Morgan fingerprint density at radius 2 is 1.84 bits per heavy atom. The fraction of sp³-hybridized carbons (Fsp3) is 0.278. The van der Waals surface area contributed by atoms with Crippen LogP contribution >= 0.6 is 11.6 Å². The lowest BCUT2D eigenvalue weighted by Crippen LogP contribution is -2.39. The van der Waals surface area contributed by atoms with Crippen molar-refractivity contribution in [2.45, 2.75) is 26.9 Å². The van der Waals surface area contributed by atoms with Crippen molar-refractivity contribution in [3.05, 3.63) is 61.5 Å². The van der Waals surface area contributed by atoms with Crippen LogP contribution in [0.5, 0.6) is 0 Å². The number of aromatic nitrogens is 4. The minimum absolute atomic E-state index is 0.315. The summed E-state index contributed by atoms with van der Waals surface area (Å²) in [7, 11) is 1.78. The standard InChI is InChI=1S/C18H19ClN4O2/c1-4-22-16-15(17(24)23(5-2)18(22)25)21(3)14(20-16)10-9-12-7-6-8-13(19)11-12/h6-11H,4-5H2,1-3H3. The van der Waals surface area contributed by atoms with Gasteiger partial charge in [-0.1, -0.05) is 29.8 Å². The van der Waals surface area contributed by atoms with Gasteiger partial charge in [-0.05, 0) is 37.6 Å². The Labute approximate surface area is 149 Å². The number of hydrogen-bond donors (Lipinski definition) is 0. The summed E-state index contributed by atoms with van der Waals surface area (Å²) in [5, 5.41) is 0.651. The van der Waals surface area contributed by atoms with Crippen molar-refractivity contribution in [1.82, 2.24) is 18.7 Å². The summed E-state index contributed by atoms with van der Waals surface area (Å²) in [6.07, 6.45) is 3.69. The number of fused-ring (bicyclic) bond motifs is 1. The van der Waals surface area contributed by atoms with Gasteiger partial charge in [-0.3, -0.25) is 13.9 Å². The van der Waals surface area contributed by atoms with Crippen LogP contribution in [0.3, 0.4) is 0 Å². The predicted molar refractivity (Wildman–Crippen MR) is 101 cm³/mol. The van der Waals surface area contributed by atoms with Gasteiger partial charge in [0.05, 0.1) is 0 Å². The number of hydrogen-bond acceptors (Lipinski definition) is 3. The molecular formula is C18H19ClN4O2. The number of aryl methyl sites for hydroxylation is 2. The van der Waals surface area contributed by atoms with E-state index in [0.717, 1.165) is 5.56 Å². The van der Waals surface area contributed by atoms with Crippen molar-refractivity contribution >= 4 is 34.9 Å². The summed E-state index contributed by atoms with van der Waals surface area (Å²) in [4.78, 5) is 29.6. The molecule has 0 atom stereocenters. The topological polar surface area (TPSA) is 61.8 Å². The molecule has 0 aliphatic carbocycles. The molecule has 130 valence electrons. The normalized spacial score (nSPS) is 11.7. The van der Waals surface area contributed by atoms with Crippen LogP contribution in [0, 0.1) is 0 Å². The summed E-state index contributed by atoms with van der Waals surface area (Å²) >= 11 is 6.00. The first-order valence-corrected chi connectivity index (χ1v) is 8.49. The largest absolute Gasteiger partial charge is 0.332 e. The van der Waals surface area contributed by atoms with E-state index in [1.54, 1.807) is 24.6 Å². The summed E-state index contributed by atoms with van der Waals surface area (Å²) < 4.78 is 4.48. The molecule has 3 rings (SSSR count). The quantitative estimate of drug-likeness (QED) is 0.720. The first-order valence-electron chi connectivity index (χ1n) is 8.11. The summed E-state index contributed by atoms with van der Waals surface area (Å²) in [6.45, 7) is 4.42. The molecule has 0 amide bonds. The minimum atomic E-state index is -0.328. The van der Waals surface area contributed by atoms with Gasteiger partial charge in [0.1, 0.15) is 5.82 Å². The highest BCUT2D eigenvalue weighted by Gasteiger charge is 2.17. The van der Waals surface area contributed by atoms with Crippen LogP contribution in [0.1, 0.15) is 25.2 Å². The maximum Gasteiger partial charge on any atom is 0.332 e. The molecule has 0 unspecified atom stereocenters. The molecule has 0 saturated carbocycles. The number of rotatable bonds is 4. The van der Waals surface area contributed by atoms with E-state index >= 15 is 0 Å². The lowest BCUT2D eigenvalue weighted by molar-refractivity contribution is 0.604. The zero-order chi connectivity index (χ0) is 18.1. The van der Waals surface area contributed by atoms with Crippen molar-refractivity contribution in [1.29, 1.82) is 0 Å². The fourth-order valence-corrected chi connectivity index (χ4v) is 3.07. The van der Waals surface area contributed by atoms with Crippen LogP contribution < -0.4 is 11.2 Å². The molecule has 0 bridgehead atoms. The van der Waals surface area contributed by atoms with Crippen LogP contribution in [0.25, 0.3) is 23.3 Å². The monoisotopic (exact) mass is 358 g/mol. The highest BCUT2D eigenvalue weighted by Crippen LogP contribution is 2.15. The lowest BCUT2D eigenvalue weighted by Gasteiger charge is -2.08. The van der Waals surface area contributed by atoms with Gasteiger partial charge in [0.25, 0.3) is 5.56 Å². The van der Waals surface area contributed by atoms with E-state index in [2.05, 4.69) is 4.98 Å². The molecule has 2 aromatic heterocycles. The molecule has 7 heteroatoms. The van der Waals surface area contributed by atoms with Crippen molar-refractivity contribution in [3.63, 3.8) is 0 Å². The van der Waals surface area contributed by atoms with Crippen molar-refractivity contribution < 1.29 is 0 Å². The van der Waals surface area contributed by atoms with Crippen LogP contribution in [-0.2, 0) is 20.1 Å². The second kappa shape index (κ2) is 6.72. The third-order valence-electron chi connectivity index (χ3n) is 4.18. The zero-order valence-corrected chi connectivity index (χ0v) is 15.1. The lowest BCUT2D eigenvalue weighted by atomic mass is 10.2. The van der Waals surface area contributed by atoms with E-state index in [9.17, 15) is 9.59 Å². The molecule has 6 nitrogen and oxygen atoms in total. The zero-order valence-electron chi connectivity index (χ0n) is 14.4. The van der Waals surface area contributed by atoms with Crippen molar-refractivity contribution in [3.8, 4) is 0 Å². The maximum atomic E-state index is 12.6. The molecule has 0 saturated heterocycles. The van der Waals surface area contributed by atoms with Crippen LogP contribution in [0.4, 0.5) is 0 Å². The Kier molecular flexibility index (Phi) is 4.63. The SMILES string of the molecule is CCn1c(=O)c2c(nc(C=Cc3cccc(Cl)c3)n2C)n(CC)c1=O. The Balaban J connectivity index is 2.22. The average Bonchev–Trinajstić information content (AvgIpc) is 2.91. The highest BCUT2D eigenvalue weighted by molar-refractivity contribution is 6.30. The number of nitrogens with zero attached hydrogens (tertiary/aromatic N) is 4. The van der Waals surface area contributed by atoms with Gasteiger partial charge in [0.2, 0.25) is 0 Å². The van der Waals surface area contributed by atoms with E-state index in [1.165, 1.54) is 9.13 Å². The third-order valence-corrected chi connectivity index (χ3v) is 4.42. The van der Waals surface area contributed by atoms with Gasteiger partial charge in [-0.25, -0.2) is 9.78 Å². The molecule has 0 aliphatic rings. The van der Waals surface area contributed by atoms with E-state index in [1.807, 2.05) is 37.3 Å². The van der Waals surface area contributed by atoms with Gasteiger partial charge in [-0.15, -0.1) is 0 Å². The summed E-state index contributed by atoms with van der Waals surface area (Å²) in [6, 6.07) is 7.44. The van der Waals surface area contributed by atoms with Crippen LogP contribution in [-0.4, -0.2) is 18.7 Å². The maximum absolute atomic E-state index is 12.6. The van der Waals surface area contributed by atoms with Crippen LogP contribution in [0.2, 0.25) is 5.02 Å². The van der Waals surface area contributed by atoms with Gasteiger partial charge in [-0.2, -0.15) is 0 Å². The fourth-order valence-electron chi connectivity index (χ4n) is 2.87. The molecule has 0 N–H and O–H groups in total. The second-order valence-corrected chi connectivity index (χ2v) is 6.10. The highest BCUT2D eigenvalue weighted by atomic mass is 35.5. The van der Waals surface area contributed by atoms with Crippen molar-refractivity contribution in [2.24, 2.45) is 7.05 Å². The Morgan fingerprint density at radius 1 is 1.12 bits per heavy atom. The third kappa shape index (κ3) is 2.93. The van der Waals surface area contributed by atoms with Gasteiger partial charge in [0, 0.05) is 25.2 Å². The number of benzene rings is 1. The van der Waals surface area contributed by atoms with Gasteiger partial charge < -0.3 is 4.57 Å². The molecule has 3 aromatic rings. The Bertz CT molecular complexity index is 1090. The first-order chi connectivity index (χ1) is 12.0. The second-order valence-electron chi connectivity index (χ2n) is 5.67. The van der Waals surface area contributed by atoms with Gasteiger partial charge in [0.15, 0.2) is 11.2 Å². The number of halogens is 1. The van der Waals surface area contributed by atoms with E-state index in [0.29, 0.717) is 35.1 Å².